The van der Waals surface area contributed by atoms with E-state index in [1.165, 1.54) is 27.6 Å². The lowest BCUT2D eigenvalue weighted by Crippen LogP contribution is -2.40. The number of methoxy groups -OCH3 is 3. The predicted molar refractivity (Wildman–Crippen MR) is 112 cm³/mol. The summed E-state index contributed by atoms with van der Waals surface area (Å²) in [5, 5.41) is 5.91. The van der Waals surface area contributed by atoms with Crippen LogP contribution in [-0.2, 0) is 13.0 Å². The first-order valence-electron chi connectivity index (χ1n) is 9.73. The first-order valence-corrected chi connectivity index (χ1v) is 9.73. The Bertz CT molecular complexity index is 1030. The fourth-order valence-corrected chi connectivity index (χ4v) is 3.96. The normalized spacial score (nSPS) is 12.3. The molecule has 1 aromatic heterocycles. The smallest absolute Gasteiger partial charge is 0.213 e. The lowest BCUT2D eigenvalue weighted by atomic mass is 9.95. The molecule has 3 aromatic rings. The van der Waals surface area contributed by atoms with E-state index >= 15 is 0 Å². The van der Waals surface area contributed by atoms with Gasteiger partial charge in [-0.15, -0.1) is 0 Å². The summed E-state index contributed by atoms with van der Waals surface area (Å²) in [6.07, 6.45) is 4.26. The van der Waals surface area contributed by atoms with Crippen molar-refractivity contribution in [2.75, 3.05) is 33.2 Å². The van der Waals surface area contributed by atoms with E-state index in [-0.39, 0.29) is 0 Å². The average Bonchev–Trinajstić information content (AvgIpc) is 2.74. The molecule has 5 heteroatoms. The summed E-state index contributed by atoms with van der Waals surface area (Å²) in [6, 6.07) is 10.6. The molecular formula is C23H27N2O3+. The van der Waals surface area contributed by atoms with Gasteiger partial charge in [0.05, 0.1) is 38.0 Å². The summed E-state index contributed by atoms with van der Waals surface area (Å²) in [4.78, 5) is 0. The standard InChI is InChI=1S/C23H26N2O3/c1-5-9-24-23-18-14-25-10-8-16-12-21(27-3)22(28-4)13-17(16)19(25)11-15(18)6-7-20(23)26-2/h6-7,11-14H,5,8-10H2,1-4H3/p+1. The number of hydrogen-bond acceptors (Lipinski definition) is 4. The molecule has 0 fully saturated rings. The molecule has 0 bridgehead atoms. The molecule has 0 atom stereocenters. The van der Waals surface area contributed by atoms with Crippen molar-refractivity contribution in [2.45, 2.75) is 26.3 Å². The lowest BCUT2D eigenvalue weighted by molar-refractivity contribution is -0.686. The zero-order chi connectivity index (χ0) is 19.7. The number of hydrogen-bond donors (Lipinski definition) is 1. The van der Waals surface area contributed by atoms with Crippen molar-refractivity contribution in [3.63, 3.8) is 0 Å². The lowest BCUT2D eigenvalue weighted by Gasteiger charge is -2.19. The highest BCUT2D eigenvalue weighted by molar-refractivity contribution is 5.97. The Labute approximate surface area is 165 Å². The number of nitrogens with one attached hydrogen (secondary N) is 1. The number of benzene rings is 2. The summed E-state index contributed by atoms with van der Waals surface area (Å²) in [5.41, 5.74) is 4.75. The van der Waals surface area contributed by atoms with Crippen molar-refractivity contribution < 1.29 is 18.8 Å². The molecular weight excluding hydrogens is 352 g/mol. The highest BCUT2D eigenvalue weighted by Crippen LogP contribution is 2.39. The Kier molecular flexibility index (Phi) is 4.99. The van der Waals surface area contributed by atoms with Crippen LogP contribution in [0.1, 0.15) is 18.9 Å². The molecule has 5 nitrogen and oxygen atoms in total. The summed E-state index contributed by atoms with van der Waals surface area (Å²) in [6.45, 7) is 4.01. The van der Waals surface area contributed by atoms with Crippen LogP contribution in [0.3, 0.4) is 0 Å². The van der Waals surface area contributed by atoms with Crippen LogP contribution in [0.15, 0.2) is 36.5 Å². The van der Waals surface area contributed by atoms with E-state index in [1.54, 1.807) is 21.3 Å². The monoisotopic (exact) mass is 379 g/mol. The van der Waals surface area contributed by atoms with E-state index in [1.807, 2.05) is 6.07 Å². The Morgan fingerprint density at radius 3 is 2.43 bits per heavy atom. The van der Waals surface area contributed by atoms with Crippen LogP contribution in [0.4, 0.5) is 5.69 Å². The molecule has 0 aliphatic carbocycles. The molecule has 0 saturated heterocycles. The minimum absolute atomic E-state index is 0.759. The van der Waals surface area contributed by atoms with Crippen LogP contribution in [-0.4, -0.2) is 27.9 Å². The number of anilines is 1. The van der Waals surface area contributed by atoms with Crippen molar-refractivity contribution in [3.8, 4) is 28.5 Å². The van der Waals surface area contributed by atoms with Gasteiger partial charge in [0.15, 0.2) is 24.2 Å². The van der Waals surface area contributed by atoms with E-state index in [9.17, 15) is 0 Å². The molecule has 2 aromatic carbocycles. The van der Waals surface area contributed by atoms with Crippen LogP contribution in [0.25, 0.3) is 22.0 Å². The molecule has 1 aliphatic heterocycles. The quantitative estimate of drug-likeness (QED) is 0.652. The Hall–Kier alpha value is -2.95. The van der Waals surface area contributed by atoms with Gasteiger partial charge in [-0.1, -0.05) is 13.0 Å². The minimum atomic E-state index is 0.759. The molecule has 0 unspecified atom stereocenters. The van der Waals surface area contributed by atoms with Crippen LogP contribution >= 0.6 is 0 Å². The van der Waals surface area contributed by atoms with Gasteiger partial charge in [-0.3, -0.25) is 0 Å². The maximum Gasteiger partial charge on any atom is 0.213 e. The summed E-state index contributed by atoms with van der Waals surface area (Å²) in [7, 11) is 5.08. The molecule has 2 heterocycles. The highest BCUT2D eigenvalue weighted by atomic mass is 16.5. The summed E-state index contributed by atoms with van der Waals surface area (Å²) in [5.74, 6) is 2.42. The molecule has 1 N–H and O–H groups in total. The Morgan fingerprint density at radius 1 is 0.964 bits per heavy atom. The van der Waals surface area contributed by atoms with Gasteiger partial charge in [0, 0.05) is 19.0 Å². The maximum absolute atomic E-state index is 5.60. The topological polar surface area (TPSA) is 43.6 Å². The number of fused-ring (bicyclic) bond motifs is 4. The number of ether oxygens (including phenoxy) is 3. The van der Waals surface area contributed by atoms with Crippen molar-refractivity contribution in [3.05, 3.63) is 42.1 Å². The van der Waals surface area contributed by atoms with Gasteiger partial charge in [0.25, 0.3) is 0 Å². The average molecular weight is 379 g/mol. The first-order chi connectivity index (χ1) is 13.7. The van der Waals surface area contributed by atoms with Crippen LogP contribution in [0, 0.1) is 0 Å². The third kappa shape index (κ3) is 3.01. The molecule has 0 amide bonds. The molecule has 1 aliphatic rings. The Balaban J connectivity index is 1.90. The molecule has 0 radical (unpaired) electrons. The fourth-order valence-electron chi connectivity index (χ4n) is 3.96. The fraction of sp³-hybridized carbons (Fsp3) is 0.348. The van der Waals surface area contributed by atoms with Gasteiger partial charge in [0.2, 0.25) is 5.69 Å². The third-order valence-corrected chi connectivity index (χ3v) is 5.41. The zero-order valence-corrected chi connectivity index (χ0v) is 17.0. The first kappa shape index (κ1) is 18.4. The van der Waals surface area contributed by atoms with Gasteiger partial charge in [-0.25, -0.2) is 0 Å². The largest absolute Gasteiger partial charge is 0.495 e. The van der Waals surface area contributed by atoms with Crippen LogP contribution in [0.2, 0.25) is 0 Å². The van der Waals surface area contributed by atoms with E-state index in [0.717, 1.165) is 48.9 Å². The SMILES string of the molecule is CCCNc1c(OC)ccc2cc3[n+](cc12)CCc1cc(OC)c(OC)cc1-3. The molecule has 28 heavy (non-hydrogen) atoms. The second-order valence-electron chi connectivity index (χ2n) is 7.04. The van der Waals surface area contributed by atoms with Crippen LogP contribution in [0.5, 0.6) is 17.2 Å². The van der Waals surface area contributed by atoms with Crippen molar-refractivity contribution >= 4 is 16.5 Å². The summed E-state index contributed by atoms with van der Waals surface area (Å²) >= 11 is 0. The molecule has 0 saturated carbocycles. The number of nitrogens with zero attached hydrogens (tertiary/aromatic N) is 1. The van der Waals surface area contributed by atoms with Gasteiger partial charge in [0.1, 0.15) is 5.75 Å². The van der Waals surface area contributed by atoms with E-state index in [2.05, 4.69) is 47.3 Å². The van der Waals surface area contributed by atoms with E-state index in [4.69, 9.17) is 14.2 Å². The van der Waals surface area contributed by atoms with Gasteiger partial charge in [-0.2, -0.15) is 4.57 Å². The van der Waals surface area contributed by atoms with Gasteiger partial charge >= 0.3 is 0 Å². The Morgan fingerprint density at radius 2 is 1.71 bits per heavy atom. The number of aromatic nitrogens is 1. The van der Waals surface area contributed by atoms with E-state index in [0.29, 0.717) is 0 Å². The van der Waals surface area contributed by atoms with Gasteiger partial charge in [-0.05, 0) is 35.6 Å². The second kappa shape index (κ2) is 7.58. The molecule has 146 valence electrons. The van der Waals surface area contributed by atoms with Gasteiger partial charge < -0.3 is 19.5 Å². The number of aryl methyl sites for hydroxylation is 2. The van der Waals surface area contributed by atoms with Crippen molar-refractivity contribution in [2.24, 2.45) is 0 Å². The molecule has 0 spiro atoms. The highest BCUT2D eigenvalue weighted by Gasteiger charge is 2.26. The maximum atomic E-state index is 5.60. The zero-order valence-electron chi connectivity index (χ0n) is 17.0. The minimum Gasteiger partial charge on any atom is -0.495 e. The molecule has 4 rings (SSSR count). The third-order valence-electron chi connectivity index (χ3n) is 5.41. The van der Waals surface area contributed by atoms with Crippen molar-refractivity contribution in [1.82, 2.24) is 0 Å². The number of rotatable bonds is 6. The second-order valence-corrected chi connectivity index (χ2v) is 7.04. The predicted octanol–water partition coefficient (Wildman–Crippen LogP) is 4.20. The van der Waals surface area contributed by atoms with Crippen LogP contribution < -0.4 is 24.1 Å². The van der Waals surface area contributed by atoms with E-state index < -0.39 is 0 Å². The summed E-state index contributed by atoms with van der Waals surface area (Å²) < 4.78 is 19.0. The van der Waals surface area contributed by atoms with Crippen molar-refractivity contribution in [1.29, 1.82) is 0 Å². The number of pyridine rings is 1.